The minimum atomic E-state index is -4.58. The average molecular weight is 386 g/mol. The molecule has 5 nitrogen and oxygen atoms in total. The molecule has 0 amide bonds. The van der Waals surface area contributed by atoms with Gasteiger partial charge in [-0.15, -0.1) is 5.75 Å². The van der Waals surface area contributed by atoms with Gasteiger partial charge in [-0.1, -0.05) is 56.9 Å². The molecule has 26 heavy (non-hydrogen) atoms. The molecular weight excluding hydrogens is 363 g/mol. The van der Waals surface area contributed by atoms with E-state index in [9.17, 15) is 18.1 Å². The van der Waals surface area contributed by atoms with Gasteiger partial charge in [0.15, 0.2) is 0 Å². The van der Waals surface area contributed by atoms with Crippen LogP contribution >= 0.6 is 0 Å². The van der Waals surface area contributed by atoms with Crippen LogP contribution < -0.4 is 39.4 Å². The molecule has 0 aromatic heterocycles. The van der Waals surface area contributed by atoms with Gasteiger partial charge in [0.1, 0.15) is 16.4 Å². The first-order chi connectivity index (χ1) is 11.9. The molecule has 0 radical (unpaired) electrons. The first-order valence-corrected chi connectivity index (χ1v) is 9.90. The van der Waals surface area contributed by atoms with E-state index in [1.807, 2.05) is 0 Å². The van der Waals surface area contributed by atoms with Gasteiger partial charge in [0, 0.05) is 0 Å². The predicted molar refractivity (Wildman–Crippen MR) is 94.7 cm³/mol. The fourth-order valence-corrected chi connectivity index (χ4v) is 3.59. The summed E-state index contributed by atoms with van der Waals surface area (Å²) in [5.74, 6) is 0.000307. The van der Waals surface area contributed by atoms with E-state index >= 15 is 0 Å². The third-order valence-electron chi connectivity index (χ3n) is 3.94. The van der Waals surface area contributed by atoms with Crippen molar-refractivity contribution in [1.82, 2.24) is 0 Å². The molecule has 0 saturated heterocycles. The number of ether oxygens (including phenoxy) is 1. The largest absolute Gasteiger partial charge is 1.00 e. The fraction of sp³-hybridized carbons (Fsp3) is 0.368. The average Bonchev–Trinajstić information content (AvgIpc) is 2.57. The van der Waals surface area contributed by atoms with E-state index in [4.69, 9.17) is 4.74 Å². The molecule has 0 bridgehead atoms. The van der Waals surface area contributed by atoms with E-state index in [1.54, 1.807) is 30.3 Å². The Labute approximate surface area is 177 Å². The van der Waals surface area contributed by atoms with E-state index in [2.05, 4.69) is 6.92 Å². The molecule has 2 aromatic rings. The van der Waals surface area contributed by atoms with Gasteiger partial charge in [0.2, 0.25) is 0 Å². The zero-order valence-electron chi connectivity index (χ0n) is 15.3. The summed E-state index contributed by atoms with van der Waals surface area (Å²) >= 11 is 0. The molecule has 7 heteroatoms. The van der Waals surface area contributed by atoms with Crippen molar-refractivity contribution in [3.63, 3.8) is 0 Å². The summed E-state index contributed by atoms with van der Waals surface area (Å²) in [6.45, 7) is 2.11. The summed E-state index contributed by atoms with van der Waals surface area (Å²) in [4.78, 5) is -0.417. The maximum Gasteiger partial charge on any atom is 1.00 e. The van der Waals surface area contributed by atoms with Gasteiger partial charge in [-0.25, -0.2) is 0 Å². The van der Waals surface area contributed by atoms with Crippen LogP contribution in [0.25, 0.3) is 0 Å². The number of benzene rings is 2. The summed E-state index contributed by atoms with van der Waals surface area (Å²) in [6, 6.07) is 11.2. The Hall–Kier alpha value is -1.05. The Bertz CT molecular complexity index is 791. The third-order valence-corrected chi connectivity index (χ3v) is 4.90. The number of hydrogen-bond acceptors (Lipinski definition) is 4. The van der Waals surface area contributed by atoms with Gasteiger partial charge in [0.05, 0.1) is 0 Å². The predicted octanol–water partition coefficient (Wildman–Crippen LogP) is 1.32. The van der Waals surface area contributed by atoms with Crippen LogP contribution in [-0.2, 0) is 16.5 Å². The molecule has 0 unspecified atom stereocenters. The minimum absolute atomic E-state index is 0. The standard InChI is InChI=1S/C19H24O5S.Na/c1-2-3-4-5-9-12-16-17(20)13-14-18(19(16)25(21,22)23)24-15-10-7-6-8-11-15;/h6-8,10-11,13-14,20H,2-5,9,12H2,1H3,(H,21,22,23);/q;+1/p-1. The Morgan fingerprint density at radius 1 is 1.00 bits per heavy atom. The number of para-hydroxylation sites is 1. The molecule has 0 spiro atoms. The van der Waals surface area contributed by atoms with Gasteiger partial charge >= 0.3 is 29.6 Å². The molecule has 136 valence electrons. The maximum absolute atomic E-state index is 12.2. The molecule has 0 fully saturated rings. The fourth-order valence-electron chi connectivity index (χ4n) is 2.71. The molecule has 0 aliphatic rings. The van der Waals surface area contributed by atoms with Crippen molar-refractivity contribution < 1.29 is 52.4 Å². The van der Waals surface area contributed by atoms with E-state index in [1.165, 1.54) is 12.1 Å². The quantitative estimate of drug-likeness (QED) is 0.399. The number of hydrogen-bond donors (Lipinski definition) is 1. The SMILES string of the molecule is CCCCCCCc1c([O-])ccc(Oc2ccccc2)c1S(=O)(=O)O.[Na+]. The van der Waals surface area contributed by atoms with Crippen LogP contribution in [0.1, 0.15) is 44.6 Å². The molecule has 0 heterocycles. The number of unbranched alkanes of at least 4 members (excludes halogenated alkanes) is 4. The molecule has 2 aromatic carbocycles. The van der Waals surface area contributed by atoms with Crippen molar-refractivity contribution in [2.24, 2.45) is 0 Å². The van der Waals surface area contributed by atoms with Gasteiger partial charge in [-0.05, 0) is 36.6 Å². The van der Waals surface area contributed by atoms with Crippen LogP contribution in [0.15, 0.2) is 47.4 Å². The molecule has 2 rings (SSSR count). The Balaban J connectivity index is 0.00000338. The van der Waals surface area contributed by atoms with Gasteiger partial charge in [0.25, 0.3) is 10.1 Å². The van der Waals surface area contributed by atoms with E-state index in [-0.39, 0.29) is 40.9 Å². The van der Waals surface area contributed by atoms with E-state index < -0.39 is 20.8 Å². The van der Waals surface area contributed by atoms with Crippen LogP contribution in [0.3, 0.4) is 0 Å². The zero-order valence-corrected chi connectivity index (χ0v) is 18.1. The van der Waals surface area contributed by atoms with Crippen molar-refractivity contribution >= 4 is 10.1 Å². The second-order valence-corrected chi connectivity index (χ2v) is 7.28. The van der Waals surface area contributed by atoms with E-state index in [0.29, 0.717) is 18.6 Å². The first-order valence-electron chi connectivity index (χ1n) is 8.46. The van der Waals surface area contributed by atoms with Crippen molar-refractivity contribution in [2.75, 3.05) is 0 Å². The summed E-state index contributed by atoms with van der Waals surface area (Å²) in [6.07, 6.45) is 5.13. The maximum atomic E-state index is 12.2. The van der Waals surface area contributed by atoms with Crippen LogP contribution in [0.2, 0.25) is 0 Å². The Kier molecular flexibility index (Phi) is 9.68. The van der Waals surface area contributed by atoms with Gasteiger partial charge in [-0.3, -0.25) is 4.55 Å². The zero-order chi connectivity index (χ0) is 18.3. The van der Waals surface area contributed by atoms with Crippen LogP contribution in [0.5, 0.6) is 17.2 Å². The summed E-state index contributed by atoms with van der Waals surface area (Å²) in [7, 11) is -4.58. The smallest absolute Gasteiger partial charge is 0.872 e. The van der Waals surface area contributed by atoms with Crippen LogP contribution in [0.4, 0.5) is 0 Å². The third kappa shape index (κ3) is 6.59. The molecule has 0 atom stereocenters. The Morgan fingerprint density at radius 3 is 2.27 bits per heavy atom. The summed E-state index contributed by atoms with van der Waals surface area (Å²) < 4.78 is 39.0. The minimum Gasteiger partial charge on any atom is -0.872 e. The summed E-state index contributed by atoms with van der Waals surface area (Å²) in [5.41, 5.74) is 0.0902. The van der Waals surface area contributed by atoms with Crippen molar-refractivity contribution in [3.8, 4) is 17.2 Å². The van der Waals surface area contributed by atoms with Crippen LogP contribution in [0, 0.1) is 0 Å². The second kappa shape index (κ2) is 10.9. The molecule has 0 aliphatic heterocycles. The van der Waals surface area contributed by atoms with Crippen LogP contribution in [-0.4, -0.2) is 13.0 Å². The first kappa shape index (κ1) is 23.0. The normalized spacial score (nSPS) is 11.0. The summed E-state index contributed by atoms with van der Waals surface area (Å²) in [5, 5.41) is 12.2. The van der Waals surface area contributed by atoms with Crippen molar-refractivity contribution in [3.05, 3.63) is 48.0 Å². The van der Waals surface area contributed by atoms with Gasteiger partial charge in [-0.2, -0.15) is 8.42 Å². The molecular formula is C19H23NaO5S. The molecule has 1 N–H and O–H groups in total. The van der Waals surface area contributed by atoms with Crippen molar-refractivity contribution in [1.29, 1.82) is 0 Å². The Morgan fingerprint density at radius 2 is 1.65 bits per heavy atom. The second-order valence-electron chi connectivity index (χ2n) is 5.92. The van der Waals surface area contributed by atoms with Crippen molar-refractivity contribution in [2.45, 2.75) is 50.3 Å². The van der Waals surface area contributed by atoms with E-state index in [0.717, 1.165) is 25.7 Å². The van der Waals surface area contributed by atoms with Gasteiger partial charge < -0.3 is 9.84 Å². The monoisotopic (exact) mass is 386 g/mol. The molecule has 0 aliphatic carbocycles. The molecule has 0 saturated carbocycles. The number of rotatable bonds is 9. The topological polar surface area (TPSA) is 86.7 Å².